The molecule has 27 heavy (non-hydrogen) atoms. The van der Waals surface area contributed by atoms with Gasteiger partial charge in [0.15, 0.2) is 0 Å². The summed E-state index contributed by atoms with van der Waals surface area (Å²) < 4.78 is 18.8. The van der Waals surface area contributed by atoms with E-state index in [0.717, 1.165) is 11.1 Å². The highest BCUT2D eigenvalue weighted by molar-refractivity contribution is 7.58. The van der Waals surface area contributed by atoms with Crippen molar-refractivity contribution >= 4 is 13.3 Å². The van der Waals surface area contributed by atoms with Crippen LogP contribution in [0.3, 0.4) is 0 Å². The van der Waals surface area contributed by atoms with Gasteiger partial charge in [-0.15, -0.1) is 0 Å². The standard InChI is InChI=1S/C22H30NO3P/c1-18(2)14-21(22(24)23-15-19-10-6-4-7-11-19)17-27(25,26-3)16-20-12-8-5-9-13-20/h4-13,18,21H,14-17H2,1-3H3,(H,23,24). The Morgan fingerprint density at radius 2 is 1.56 bits per heavy atom. The highest BCUT2D eigenvalue weighted by Crippen LogP contribution is 2.51. The first-order valence-corrected chi connectivity index (χ1v) is 11.4. The van der Waals surface area contributed by atoms with Crippen LogP contribution in [0, 0.1) is 11.8 Å². The molecule has 0 radical (unpaired) electrons. The fourth-order valence-corrected chi connectivity index (χ4v) is 5.32. The molecule has 0 aliphatic heterocycles. The van der Waals surface area contributed by atoms with Crippen molar-refractivity contribution in [2.75, 3.05) is 13.3 Å². The van der Waals surface area contributed by atoms with Crippen molar-refractivity contribution in [2.24, 2.45) is 11.8 Å². The van der Waals surface area contributed by atoms with Crippen molar-refractivity contribution in [3.05, 3.63) is 71.8 Å². The quantitative estimate of drug-likeness (QED) is 0.578. The van der Waals surface area contributed by atoms with Crippen LogP contribution in [-0.2, 0) is 26.6 Å². The number of carbonyl (C=O) groups is 1. The molecule has 0 fully saturated rings. The Balaban J connectivity index is 2.06. The third-order valence-corrected chi connectivity index (χ3v) is 7.04. The number of rotatable bonds is 10. The molecule has 1 amide bonds. The summed E-state index contributed by atoms with van der Waals surface area (Å²) in [5.41, 5.74) is 2.02. The van der Waals surface area contributed by atoms with Gasteiger partial charge in [-0.2, -0.15) is 0 Å². The second-order valence-electron chi connectivity index (χ2n) is 7.35. The van der Waals surface area contributed by atoms with Crippen LogP contribution in [0.4, 0.5) is 0 Å². The first-order chi connectivity index (χ1) is 12.9. The molecule has 4 nitrogen and oxygen atoms in total. The highest BCUT2D eigenvalue weighted by atomic mass is 31.2. The van der Waals surface area contributed by atoms with E-state index in [1.165, 1.54) is 7.11 Å². The molecule has 2 aromatic rings. The van der Waals surface area contributed by atoms with Gasteiger partial charge >= 0.3 is 0 Å². The van der Waals surface area contributed by atoms with Crippen molar-refractivity contribution < 1.29 is 13.9 Å². The topological polar surface area (TPSA) is 55.4 Å². The molecule has 0 saturated carbocycles. The van der Waals surface area contributed by atoms with Gasteiger partial charge in [-0.1, -0.05) is 74.5 Å². The smallest absolute Gasteiger partial charge is 0.223 e. The lowest BCUT2D eigenvalue weighted by molar-refractivity contribution is -0.125. The van der Waals surface area contributed by atoms with E-state index >= 15 is 0 Å². The minimum atomic E-state index is -2.94. The van der Waals surface area contributed by atoms with Crippen molar-refractivity contribution in [1.29, 1.82) is 0 Å². The van der Waals surface area contributed by atoms with Crippen LogP contribution in [0.25, 0.3) is 0 Å². The molecule has 0 saturated heterocycles. The van der Waals surface area contributed by atoms with Gasteiger partial charge in [0, 0.05) is 31.9 Å². The Kier molecular flexibility index (Phi) is 8.27. The molecule has 1 N–H and O–H groups in total. The molecule has 0 bridgehead atoms. The Labute approximate surface area is 162 Å². The van der Waals surface area contributed by atoms with Crippen molar-refractivity contribution in [1.82, 2.24) is 5.32 Å². The Morgan fingerprint density at radius 1 is 1.00 bits per heavy atom. The van der Waals surface area contributed by atoms with Crippen LogP contribution in [0.2, 0.25) is 0 Å². The lowest BCUT2D eigenvalue weighted by Gasteiger charge is -2.24. The van der Waals surface area contributed by atoms with Crippen LogP contribution in [0.15, 0.2) is 60.7 Å². The molecule has 146 valence electrons. The number of hydrogen-bond donors (Lipinski definition) is 1. The van der Waals surface area contributed by atoms with Crippen molar-refractivity contribution in [2.45, 2.75) is 33.0 Å². The average Bonchev–Trinajstić information content (AvgIpc) is 2.67. The maximum atomic E-state index is 13.3. The molecule has 5 heteroatoms. The largest absolute Gasteiger partial charge is 0.352 e. The maximum Gasteiger partial charge on any atom is 0.223 e. The van der Waals surface area contributed by atoms with E-state index in [4.69, 9.17) is 4.52 Å². The van der Waals surface area contributed by atoms with E-state index in [0.29, 0.717) is 25.0 Å². The van der Waals surface area contributed by atoms with Gasteiger partial charge in [-0.25, -0.2) is 0 Å². The Morgan fingerprint density at radius 3 is 2.07 bits per heavy atom. The minimum Gasteiger partial charge on any atom is -0.352 e. The fourth-order valence-electron chi connectivity index (χ4n) is 3.16. The summed E-state index contributed by atoms with van der Waals surface area (Å²) in [6, 6.07) is 19.5. The molecule has 0 aliphatic carbocycles. The summed E-state index contributed by atoms with van der Waals surface area (Å²) in [6.45, 7) is 4.63. The molecule has 0 aliphatic rings. The summed E-state index contributed by atoms with van der Waals surface area (Å²) in [6.07, 6.45) is 1.30. The summed E-state index contributed by atoms with van der Waals surface area (Å²) in [7, 11) is -1.46. The van der Waals surface area contributed by atoms with E-state index in [-0.39, 0.29) is 18.0 Å². The van der Waals surface area contributed by atoms with Crippen LogP contribution >= 0.6 is 7.37 Å². The monoisotopic (exact) mass is 387 g/mol. The van der Waals surface area contributed by atoms with E-state index in [9.17, 15) is 9.36 Å². The number of amides is 1. The second kappa shape index (κ2) is 10.4. The number of carbonyl (C=O) groups excluding carboxylic acids is 1. The van der Waals surface area contributed by atoms with Gasteiger partial charge in [0.05, 0.1) is 0 Å². The third kappa shape index (κ3) is 7.32. The maximum absolute atomic E-state index is 13.3. The van der Waals surface area contributed by atoms with E-state index in [1.54, 1.807) is 0 Å². The first-order valence-electron chi connectivity index (χ1n) is 9.41. The summed E-state index contributed by atoms with van der Waals surface area (Å²) in [5, 5.41) is 3.00. The Bertz CT molecular complexity index is 747. The second-order valence-corrected chi connectivity index (χ2v) is 10.0. The van der Waals surface area contributed by atoms with Gasteiger partial charge in [-0.05, 0) is 23.5 Å². The van der Waals surface area contributed by atoms with Crippen LogP contribution < -0.4 is 5.32 Å². The van der Waals surface area contributed by atoms with Crippen molar-refractivity contribution in [3.8, 4) is 0 Å². The van der Waals surface area contributed by atoms with Crippen LogP contribution in [0.1, 0.15) is 31.4 Å². The lowest BCUT2D eigenvalue weighted by atomic mass is 9.98. The average molecular weight is 387 g/mol. The molecule has 0 aromatic heterocycles. The Hall–Kier alpha value is -1.90. The lowest BCUT2D eigenvalue weighted by Crippen LogP contribution is -2.33. The zero-order valence-electron chi connectivity index (χ0n) is 16.4. The summed E-state index contributed by atoms with van der Waals surface area (Å²) in [5.74, 6) is -0.0550. The van der Waals surface area contributed by atoms with Gasteiger partial charge in [-0.3, -0.25) is 9.36 Å². The SMILES string of the molecule is COP(=O)(Cc1ccccc1)CC(CC(C)C)C(=O)NCc1ccccc1. The van der Waals surface area contributed by atoms with Gasteiger partial charge in [0.25, 0.3) is 0 Å². The summed E-state index contributed by atoms with van der Waals surface area (Å²) >= 11 is 0. The molecule has 2 atom stereocenters. The zero-order valence-corrected chi connectivity index (χ0v) is 17.3. The molecule has 2 unspecified atom stereocenters. The van der Waals surface area contributed by atoms with Gasteiger partial charge in [0.2, 0.25) is 13.3 Å². The number of benzene rings is 2. The normalized spacial score (nSPS) is 14.5. The zero-order chi connectivity index (χ0) is 19.7. The highest BCUT2D eigenvalue weighted by Gasteiger charge is 2.31. The molecule has 2 aromatic carbocycles. The van der Waals surface area contributed by atoms with E-state index < -0.39 is 7.37 Å². The molecule has 0 heterocycles. The molecule has 2 rings (SSSR count). The summed E-state index contributed by atoms with van der Waals surface area (Å²) in [4.78, 5) is 12.8. The van der Waals surface area contributed by atoms with Crippen molar-refractivity contribution in [3.63, 3.8) is 0 Å². The van der Waals surface area contributed by atoms with Crippen LogP contribution in [-0.4, -0.2) is 19.2 Å². The predicted molar refractivity (Wildman–Crippen MR) is 111 cm³/mol. The molecule has 0 spiro atoms. The molecular formula is C22H30NO3P. The molecular weight excluding hydrogens is 357 g/mol. The van der Waals surface area contributed by atoms with E-state index in [2.05, 4.69) is 19.2 Å². The fraction of sp³-hybridized carbons (Fsp3) is 0.409. The van der Waals surface area contributed by atoms with E-state index in [1.807, 2.05) is 60.7 Å². The minimum absolute atomic E-state index is 0.0575. The first kappa shape index (κ1) is 21.4. The third-order valence-electron chi connectivity index (χ3n) is 4.53. The number of hydrogen-bond acceptors (Lipinski definition) is 3. The van der Waals surface area contributed by atoms with Crippen LogP contribution in [0.5, 0.6) is 0 Å². The van der Waals surface area contributed by atoms with Gasteiger partial charge < -0.3 is 9.84 Å². The van der Waals surface area contributed by atoms with Gasteiger partial charge in [0.1, 0.15) is 0 Å². The number of nitrogens with one attached hydrogen (secondary N) is 1. The predicted octanol–water partition coefficient (Wildman–Crippen LogP) is 5.09.